The molecule has 7 nitrogen and oxygen atoms in total. The highest BCUT2D eigenvalue weighted by molar-refractivity contribution is 5.97. The van der Waals surface area contributed by atoms with Gasteiger partial charge >= 0.3 is 0 Å². The van der Waals surface area contributed by atoms with E-state index in [4.69, 9.17) is 0 Å². The van der Waals surface area contributed by atoms with Gasteiger partial charge in [0.1, 0.15) is 12.7 Å². The molecule has 1 atom stereocenters. The Bertz CT molecular complexity index is 618. The third kappa shape index (κ3) is 2.52. The standard InChI is InChI=1S/C14H18N6O/c1-2-14(5-7-15-8-14)13(21)19-11-4-3-6-17-12(11)20-10-16-9-18-20/h3-4,6,9-10,15H,2,5,7-8H2,1H3,(H,19,21). The molecule has 1 aliphatic rings. The number of aromatic nitrogens is 4. The first-order valence-electron chi connectivity index (χ1n) is 7.07. The van der Waals surface area contributed by atoms with E-state index in [1.165, 1.54) is 6.33 Å². The second-order valence-corrected chi connectivity index (χ2v) is 5.23. The molecule has 0 aromatic carbocycles. The van der Waals surface area contributed by atoms with Crippen LogP contribution in [-0.4, -0.2) is 38.7 Å². The molecular weight excluding hydrogens is 268 g/mol. The number of carbonyl (C=O) groups excluding carboxylic acids is 1. The first-order chi connectivity index (χ1) is 10.2. The fourth-order valence-corrected chi connectivity index (χ4v) is 2.65. The van der Waals surface area contributed by atoms with Gasteiger partial charge in [0, 0.05) is 12.7 Å². The predicted octanol–water partition coefficient (Wildman–Crippen LogP) is 0.990. The third-order valence-electron chi connectivity index (χ3n) is 4.07. The molecule has 2 N–H and O–H groups in total. The SMILES string of the molecule is CCC1(C(=O)Nc2cccnc2-n2cncn2)CCNC1. The molecular formula is C14H18N6O. The maximum Gasteiger partial charge on any atom is 0.232 e. The maximum absolute atomic E-state index is 12.7. The molecule has 1 aliphatic heterocycles. The number of nitrogens with zero attached hydrogens (tertiary/aromatic N) is 4. The van der Waals surface area contributed by atoms with Crippen LogP contribution in [0.2, 0.25) is 0 Å². The Kier molecular flexibility index (Phi) is 3.66. The molecule has 1 fully saturated rings. The van der Waals surface area contributed by atoms with Crippen molar-refractivity contribution in [3.63, 3.8) is 0 Å². The number of amides is 1. The maximum atomic E-state index is 12.7. The van der Waals surface area contributed by atoms with Crippen molar-refractivity contribution in [1.29, 1.82) is 0 Å². The summed E-state index contributed by atoms with van der Waals surface area (Å²) in [5, 5.41) is 10.3. The lowest BCUT2D eigenvalue weighted by Gasteiger charge is -2.25. The molecule has 1 unspecified atom stereocenters. The van der Waals surface area contributed by atoms with E-state index in [0.29, 0.717) is 18.1 Å². The Morgan fingerprint density at radius 1 is 1.57 bits per heavy atom. The van der Waals surface area contributed by atoms with Gasteiger partial charge < -0.3 is 10.6 Å². The first kappa shape index (κ1) is 13.7. The molecule has 0 spiro atoms. The van der Waals surface area contributed by atoms with Crippen LogP contribution in [-0.2, 0) is 4.79 Å². The number of pyridine rings is 1. The van der Waals surface area contributed by atoms with Crippen LogP contribution >= 0.6 is 0 Å². The summed E-state index contributed by atoms with van der Waals surface area (Å²) in [6.45, 7) is 3.65. The van der Waals surface area contributed by atoms with Crippen molar-refractivity contribution < 1.29 is 4.79 Å². The second-order valence-electron chi connectivity index (χ2n) is 5.23. The lowest BCUT2D eigenvalue weighted by Crippen LogP contribution is -2.37. The third-order valence-corrected chi connectivity index (χ3v) is 4.07. The lowest BCUT2D eigenvalue weighted by atomic mass is 9.83. The van der Waals surface area contributed by atoms with E-state index in [1.54, 1.807) is 23.3 Å². The van der Waals surface area contributed by atoms with E-state index in [9.17, 15) is 4.79 Å². The van der Waals surface area contributed by atoms with Gasteiger partial charge in [0.15, 0.2) is 5.82 Å². The summed E-state index contributed by atoms with van der Waals surface area (Å²) >= 11 is 0. The highest BCUT2D eigenvalue weighted by Crippen LogP contribution is 2.31. The van der Waals surface area contributed by atoms with Crippen molar-refractivity contribution in [2.24, 2.45) is 5.41 Å². The Balaban J connectivity index is 1.87. The largest absolute Gasteiger partial charge is 0.322 e. The Morgan fingerprint density at radius 3 is 3.14 bits per heavy atom. The molecule has 1 amide bonds. The molecule has 3 rings (SSSR count). The van der Waals surface area contributed by atoms with Crippen LogP contribution in [0.3, 0.4) is 0 Å². The number of hydrogen-bond acceptors (Lipinski definition) is 5. The van der Waals surface area contributed by atoms with Crippen LogP contribution in [0.4, 0.5) is 5.69 Å². The van der Waals surface area contributed by atoms with Gasteiger partial charge in [0.05, 0.1) is 11.1 Å². The Morgan fingerprint density at radius 2 is 2.48 bits per heavy atom. The Hall–Kier alpha value is -2.28. The van der Waals surface area contributed by atoms with Gasteiger partial charge in [-0.2, -0.15) is 5.10 Å². The average Bonchev–Trinajstić information content (AvgIpc) is 3.20. The molecule has 2 aromatic rings. The minimum Gasteiger partial charge on any atom is -0.322 e. The van der Waals surface area contributed by atoms with Crippen molar-refractivity contribution in [1.82, 2.24) is 25.1 Å². The minimum atomic E-state index is -0.338. The summed E-state index contributed by atoms with van der Waals surface area (Å²) in [5.74, 6) is 0.602. The first-order valence-corrected chi connectivity index (χ1v) is 7.07. The highest BCUT2D eigenvalue weighted by Gasteiger charge is 2.39. The van der Waals surface area contributed by atoms with Gasteiger partial charge in [-0.15, -0.1) is 0 Å². The van der Waals surface area contributed by atoms with E-state index in [2.05, 4.69) is 25.7 Å². The van der Waals surface area contributed by atoms with Crippen LogP contribution in [0.5, 0.6) is 0 Å². The Labute approximate surface area is 122 Å². The van der Waals surface area contributed by atoms with E-state index < -0.39 is 0 Å². The van der Waals surface area contributed by atoms with E-state index in [1.807, 2.05) is 13.0 Å². The van der Waals surface area contributed by atoms with Gasteiger partial charge in [-0.1, -0.05) is 6.92 Å². The summed E-state index contributed by atoms with van der Waals surface area (Å²) < 4.78 is 1.54. The van der Waals surface area contributed by atoms with Crippen LogP contribution in [0.1, 0.15) is 19.8 Å². The van der Waals surface area contributed by atoms with Crippen LogP contribution in [0, 0.1) is 5.41 Å². The molecule has 110 valence electrons. The molecule has 0 radical (unpaired) electrons. The van der Waals surface area contributed by atoms with Gasteiger partial charge in [0.2, 0.25) is 5.91 Å². The van der Waals surface area contributed by atoms with Crippen molar-refractivity contribution in [3.05, 3.63) is 31.0 Å². The van der Waals surface area contributed by atoms with Crippen molar-refractivity contribution in [2.45, 2.75) is 19.8 Å². The quantitative estimate of drug-likeness (QED) is 0.875. The zero-order chi connectivity index (χ0) is 14.7. The summed E-state index contributed by atoms with van der Waals surface area (Å²) in [6.07, 6.45) is 6.33. The molecule has 3 heterocycles. The lowest BCUT2D eigenvalue weighted by molar-refractivity contribution is -0.124. The fraction of sp³-hybridized carbons (Fsp3) is 0.429. The topological polar surface area (TPSA) is 84.7 Å². The molecule has 1 saturated heterocycles. The average molecular weight is 286 g/mol. The number of hydrogen-bond donors (Lipinski definition) is 2. The number of carbonyl (C=O) groups is 1. The van der Waals surface area contributed by atoms with Gasteiger partial charge in [-0.05, 0) is 31.5 Å². The molecule has 7 heteroatoms. The van der Waals surface area contributed by atoms with Crippen molar-refractivity contribution in [2.75, 3.05) is 18.4 Å². The number of nitrogens with one attached hydrogen (secondary N) is 2. The second kappa shape index (κ2) is 5.61. The summed E-state index contributed by atoms with van der Waals surface area (Å²) in [5.41, 5.74) is 0.308. The van der Waals surface area contributed by atoms with E-state index in [-0.39, 0.29) is 11.3 Å². The van der Waals surface area contributed by atoms with Crippen molar-refractivity contribution in [3.8, 4) is 5.82 Å². The fourth-order valence-electron chi connectivity index (χ4n) is 2.65. The molecule has 0 aliphatic carbocycles. The van der Waals surface area contributed by atoms with E-state index >= 15 is 0 Å². The zero-order valence-corrected chi connectivity index (χ0v) is 11.9. The molecule has 21 heavy (non-hydrogen) atoms. The highest BCUT2D eigenvalue weighted by atomic mass is 16.2. The van der Waals surface area contributed by atoms with Crippen LogP contribution < -0.4 is 10.6 Å². The molecule has 2 aromatic heterocycles. The van der Waals surface area contributed by atoms with Crippen LogP contribution in [0.15, 0.2) is 31.0 Å². The zero-order valence-electron chi connectivity index (χ0n) is 11.9. The van der Waals surface area contributed by atoms with Crippen LogP contribution in [0.25, 0.3) is 5.82 Å². The number of rotatable bonds is 4. The van der Waals surface area contributed by atoms with Gasteiger partial charge in [-0.25, -0.2) is 14.6 Å². The number of anilines is 1. The summed E-state index contributed by atoms with van der Waals surface area (Å²) in [7, 11) is 0. The normalized spacial score (nSPS) is 21.4. The van der Waals surface area contributed by atoms with Gasteiger partial charge in [0.25, 0.3) is 0 Å². The van der Waals surface area contributed by atoms with Gasteiger partial charge in [-0.3, -0.25) is 4.79 Å². The smallest absolute Gasteiger partial charge is 0.232 e. The summed E-state index contributed by atoms with van der Waals surface area (Å²) in [4.78, 5) is 20.9. The summed E-state index contributed by atoms with van der Waals surface area (Å²) in [6, 6.07) is 3.62. The minimum absolute atomic E-state index is 0.0318. The van der Waals surface area contributed by atoms with Crippen molar-refractivity contribution >= 4 is 11.6 Å². The molecule has 0 saturated carbocycles. The van der Waals surface area contributed by atoms with E-state index in [0.717, 1.165) is 19.4 Å². The predicted molar refractivity (Wildman–Crippen MR) is 78.0 cm³/mol. The molecule has 0 bridgehead atoms. The monoisotopic (exact) mass is 286 g/mol.